The molecule has 38 heavy (non-hydrogen) atoms. The highest BCUT2D eigenvalue weighted by Crippen LogP contribution is 2.42. The third kappa shape index (κ3) is 5.67. The normalized spacial score (nSPS) is 12.7. The van der Waals surface area contributed by atoms with Gasteiger partial charge in [0.25, 0.3) is 5.91 Å². The topological polar surface area (TPSA) is 105 Å². The third-order valence-corrected chi connectivity index (χ3v) is 6.24. The molecule has 3 aromatic carbocycles. The Bertz CT molecular complexity index is 1460. The Kier molecular flexibility index (Phi) is 7.08. The summed E-state index contributed by atoms with van der Waals surface area (Å²) in [5.74, 6) is 0.170. The van der Waals surface area contributed by atoms with Gasteiger partial charge in [0.1, 0.15) is 17.3 Å². The van der Waals surface area contributed by atoms with Gasteiger partial charge in [-0.05, 0) is 79.9 Å². The molecule has 5 rings (SSSR count). The lowest BCUT2D eigenvalue weighted by Gasteiger charge is -2.09. The standard InChI is InChI=1S/C29H27FN4O4/c1-2-38-23-12-7-20(8-13-23)28(36)32-22-11-14-24(27(35)15-22)25-16-26(19-5-6-19)34(33-25)29(37)31-17-18-3-9-21(30)10-4-18/h3-4,7-16,19,35H,2,5-6,17H2,1H3,(H,31,37)(H,32,36). The van der Waals surface area contributed by atoms with E-state index in [0.717, 1.165) is 24.1 Å². The molecule has 8 nitrogen and oxygen atoms in total. The molecule has 0 bridgehead atoms. The zero-order valence-corrected chi connectivity index (χ0v) is 20.8. The van der Waals surface area contributed by atoms with E-state index in [2.05, 4.69) is 15.7 Å². The summed E-state index contributed by atoms with van der Waals surface area (Å²) in [7, 11) is 0. The number of hydrogen-bond acceptors (Lipinski definition) is 5. The molecule has 0 unspecified atom stereocenters. The van der Waals surface area contributed by atoms with E-state index >= 15 is 0 Å². The van der Waals surface area contributed by atoms with Crippen molar-refractivity contribution in [3.63, 3.8) is 0 Å². The van der Waals surface area contributed by atoms with Gasteiger partial charge in [-0.1, -0.05) is 12.1 Å². The Morgan fingerprint density at radius 1 is 1.05 bits per heavy atom. The van der Waals surface area contributed by atoms with Crippen molar-refractivity contribution in [2.45, 2.75) is 32.2 Å². The SMILES string of the molecule is CCOc1ccc(C(=O)Nc2ccc(-c3cc(C4CC4)n(C(=O)NCc4ccc(F)cc4)n3)c(O)c2)cc1. The van der Waals surface area contributed by atoms with Crippen molar-refractivity contribution in [3.05, 3.63) is 95.4 Å². The summed E-state index contributed by atoms with van der Waals surface area (Å²) in [6, 6.07) is 18.9. The largest absolute Gasteiger partial charge is 0.507 e. The van der Waals surface area contributed by atoms with Crippen LogP contribution in [-0.2, 0) is 6.54 Å². The number of benzene rings is 3. The summed E-state index contributed by atoms with van der Waals surface area (Å²) in [6.45, 7) is 2.66. The van der Waals surface area contributed by atoms with E-state index in [0.29, 0.717) is 34.9 Å². The van der Waals surface area contributed by atoms with E-state index in [9.17, 15) is 19.1 Å². The number of ether oxygens (including phenoxy) is 1. The number of carbonyl (C=O) groups excluding carboxylic acids is 2. The first-order valence-electron chi connectivity index (χ1n) is 12.4. The van der Waals surface area contributed by atoms with Crippen LogP contribution in [0.25, 0.3) is 11.3 Å². The summed E-state index contributed by atoms with van der Waals surface area (Å²) in [5.41, 5.74) is 3.30. The smallest absolute Gasteiger partial charge is 0.342 e. The molecule has 0 saturated heterocycles. The molecule has 0 aliphatic heterocycles. The molecule has 9 heteroatoms. The lowest BCUT2D eigenvalue weighted by molar-refractivity contribution is 0.102. The Morgan fingerprint density at radius 2 is 1.79 bits per heavy atom. The molecule has 1 heterocycles. The number of hydrogen-bond donors (Lipinski definition) is 3. The first-order chi connectivity index (χ1) is 18.4. The summed E-state index contributed by atoms with van der Waals surface area (Å²) < 4.78 is 19.9. The highest BCUT2D eigenvalue weighted by molar-refractivity contribution is 6.04. The predicted molar refractivity (Wildman–Crippen MR) is 141 cm³/mol. The number of aromatic nitrogens is 2. The number of anilines is 1. The second-order valence-corrected chi connectivity index (χ2v) is 9.07. The molecule has 194 valence electrons. The molecular formula is C29H27FN4O4. The molecule has 4 aromatic rings. The van der Waals surface area contributed by atoms with E-state index in [1.165, 1.54) is 22.9 Å². The fraction of sp³-hybridized carbons (Fsp3) is 0.207. The fourth-order valence-electron chi connectivity index (χ4n) is 4.11. The lowest BCUT2D eigenvalue weighted by Crippen LogP contribution is -2.30. The minimum Gasteiger partial charge on any atom is -0.507 e. The number of nitrogens with one attached hydrogen (secondary N) is 2. The lowest BCUT2D eigenvalue weighted by atomic mass is 10.1. The van der Waals surface area contributed by atoms with Crippen molar-refractivity contribution in [3.8, 4) is 22.8 Å². The molecule has 0 atom stereocenters. The number of nitrogens with zero attached hydrogens (tertiary/aromatic N) is 2. The minimum atomic E-state index is -0.402. The highest BCUT2D eigenvalue weighted by atomic mass is 19.1. The molecule has 0 radical (unpaired) electrons. The molecule has 1 saturated carbocycles. The molecule has 1 aliphatic carbocycles. The number of phenolic OH excluding ortho intramolecular Hbond substituents is 1. The molecule has 2 amide bonds. The summed E-state index contributed by atoms with van der Waals surface area (Å²) in [5, 5.41) is 20.8. The fourth-order valence-corrected chi connectivity index (χ4v) is 4.11. The number of aromatic hydroxyl groups is 1. The predicted octanol–water partition coefficient (Wildman–Crippen LogP) is 5.68. The molecule has 3 N–H and O–H groups in total. The number of amides is 2. The number of rotatable bonds is 8. The van der Waals surface area contributed by atoms with Crippen LogP contribution in [-0.4, -0.2) is 33.4 Å². The van der Waals surface area contributed by atoms with Crippen LogP contribution >= 0.6 is 0 Å². The van der Waals surface area contributed by atoms with Gasteiger partial charge in [0, 0.05) is 35.3 Å². The van der Waals surface area contributed by atoms with Crippen LogP contribution in [0.5, 0.6) is 11.5 Å². The van der Waals surface area contributed by atoms with Gasteiger partial charge < -0.3 is 20.5 Å². The van der Waals surface area contributed by atoms with Crippen LogP contribution in [0.2, 0.25) is 0 Å². The summed E-state index contributed by atoms with van der Waals surface area (Å²) in [4.78, 5) is 25.6. The number of halogens is 1. The van der Waals surface area contributed by atoms with Crippen molar-refractivity contribution in [2.24, 2.45) is 0 Å². The molecule has 1 aliphatic rings. The average Bonchev–Trinajstić information content (AvgIpc) is 3.67. The van der Waals surface area contributed by atoms with Crippen LogP contribution in [0.1, 0.15) is 47.3 Å². The summed E-state index contributed by atoms with van der Waals surface area (Å²) >= 11 is 0. The zero-order chi connectivity index (χ0) is 26.6. The Hall–Kier alpha value is -4.66. The van der Waals surface area contributed by atoms with Gasteiger partial charge in [-0.2, -0.15) is 9.78 Å². The number of carbonyl (C=O) groups is 2. The molecule has 0 spiro atoms. The van der Waals surface area contributed by atoms with Crippen LogP contribution in [0, 0.1) is 5.82 Å². The maximum absolute atomic E-state index is 13.2. The van der Waals surface area contributed by atoms with E-state index in [1.807, 2.05) is 13.0 Å². The maximum atomic E-state index is 13.2. The first kappa shape index (κ1) is 25.0. The van der Waals surface area contributed by atoms with Crippen LogP contribution in [0.4, 0.5) is 14.9 Å². The van der Waals surface area contributed by atoms with E-state index in [1.54, 1.807) is 48.5 Å². The van der Waals surface area contributed by atoms with Crippen LogP contribution in [0.3, 0.4) is 0 Å². The van der Waals surface area contributed by atoms with Crippen LogP contribution < -0.4 is 15.4 Å². The maximum Gasteiger partial charge on any atom is 0.342 e. The quantitative estimate of drug-likeness (QED) is 0.281. The van der Waals surface area contributed by atoms with E-state index in [-0.39, 0.29) is 29.9 Å². The van der Waals surface area contributed by atoms with Gasteiger partial charge >= 0.3 is 6.03 Å². The van der Waals surface area contributed by atoms with Crippen molar-refractivity contribution in [1.29, 1.82) is 0 Å². The Morgan fingerprint density at radius 3 is 2.45 bits per heavy atom. The highest BCUT2D eigenvalue weighted by Gasteiger charge is 2.30. The summed E-state index contributed by atoms with van der Waals surface area (Å²) in [6.07, 6.45) is 1.91. The second-order valence-electron chi connectivity index (χ2n) is 9.07. The van der Waals surface area contributed by atoms with Crippen molar-refractivity contribution >= 4 is 17.6 Å². The van der Waals surface area contributed by atoms with Crippen molar-refractivity contribution in [1.82, 2.24) is 15.1 Å². The van der Waals surface area contributed by atoms with Gasteiger partial charge in [-0.3, -0.25) is 4.79 Å². The van der Waals surface area contributed by atoms with Gasteiger partial charge in [-0.25, -0.2) is 9.18 Å². The zero-order valence-electron chi connectivity index (χ0n) is 20.8. The Labute approximate surface area is 219 Å². The van der Waals surface area contributed by atoms with Gasteiger partial charge in [-0.15, -0.1) is 0 Å². The molecular weight excluding hydrogens is 487 g/mol. The van der Waals surface area contributed by atoms with E-state index < -0.39 is 6.03 Å². The minimum absolute atomic E-state index is 0.0757. The molecule has 1 fully saturated rings. The van der Waals surface area contributed by atoms with Gasteiger partial charge in [0.05, 0.1) is 18.0 Å². The molecule has 1 aromatic heterocycles. The van der Waals surface area contributed by atoms with Crippen molar-refractivity contribution < 1.29 is 23.8 Å². The first-order valence-corrected chi connectivity index (χ1v) is 12.4. The third-order valence-electron chi connectivity index (χ3n) is 6.24. The van der Waals surface area contributed by atoms with Crippen molar-refractivity contribution in [2.75, 3.05) is 11.9 Å². The van der Waals surface area contributed by atoms with Crippen LogP contribution in [0.15, 0.2) is 72.8 Å². The average molecular weight is 515 g/mol. The monoisotopic (exact) mass is 514 g/mol. The Balaban J connectivity index is 1.30. The van der Waals surface area contributed by atoms with Gasteiger partial charge in [0.15, 0.2) is 0 Å². The van der Waals surface area contributed by atoms with Gasteiger partial charge in [0.2, 0.25) is 0 Å². The second kappa shape index (κ2) is 10.8. The number of phenols is 1. The van der Waals surface area contributed by atoms with E-state index in [4.69, 9.17) is 4.74 Å².